The van der Waals surface area contributed by atoms with E-state index in [1.54, 1.807) is 13.8 Å². The molecule has 0 amide bonds. The number of aliphatic hydroxyl groups excluding tert-OH is 1. The second kappa shape index (κ2) is 17.3. The predicted octanol–water partition coefficient (Wildman–Crippen LogP) is 4.37. The first-order valence-electron chi connectivity index (χ1n) is 18.7. The van der Waals surface area contributed by atoms with Crippen molar-refractivity contribution in [1.29, 1.82) is 0 Å². The molecule has 1 aromatic rings. The Morgan fingerprint density at radius 1 is 1.06 bits per heavy atom. The molecule has 0 unspecified atom stereocenters. The Morgan fingerprint density at radius 3 is 2.35 bits per heavy atom. The van der Waals surface area contributed by atoms with E-state index < -0.39 is 65.5 Å². The van der Waals surface area contributed by atoms with Crippen LogP contribution in [0.3, 0.4) is 0 Å². The SMILES string of the molecule is C=C1CO[C@H]2[C@@H](C)CN(Cc3ccccc3)[C@H](C)C[C@@](C)(OC1)[C@H](O[C@@H]1O[C@H](C)C[C@H](N(C)C)[C@H]1O)[C@@H](C)C(=O)[C@@H](C)C(=O)O[C@H](CC)[C@@]2(C)O. The predicted molar refractivity (Wildman–Crippen MR) is 195 cm³/mol. The first-order chi connectivity index (χ1) is 23.9. The lowest BCUT2D eigenvalue weighted by Crippen LogP contribution is -2.60. The number of esters is 1. The molecule has 4 aliphatic rings. The van der Waals surface area contributed by atoms with Crippen LogP contribution in [-0.4, -0.2) is 126 Å². The molecule has 1 aromatic carbocycles. The van der Waals surface area contributed by atoms with Crippen LogP contribution in [0.4, 0.5) is 0 Å². The third-order valence-electron chi connectivity index (χ3n) is 11.4. The van der Waals surface area contributed by atoms with E-state index in [0.29, 0.717) is 37.9 Å². The van der Waals surface area contributed by atoms with Crippen molar-refractivity contribution in [3.8, 4) is 0 Å². The van der Waals surface area contributed by atoms with Crippen molar-refractivity contribution < 1.29 is 43.5 Å². The average Bonchev–Trinajstić information content (AvgIpc) is 3.07. The number of nitrogens with zero attached hydrogens (tertiary/aromatic N) is 2. The molecule has 0 radical (unpaired) electrons. The number of fused-ring (bicyclic) bond motifs is 15. The number of carbonyl (C=O) groups excluding carboxylic acids is 2. The molecular formula is C40H64N2O9. The molecule has 4 aliphatic heterocycles. The zero-order chi connectivity index (χ0) is 37.8. The van der Waals surface area contributed by atoms with E-state index in [-0.39, 0.29) is 37.3 Å². The highest BCUT2D eigenvalue weighted by Gasteiger charge is 2.51. The maximum atomic E-state index is 14.4. The Labute approximate surface area is 305 Å². The van der Waals surface area contributed by atoms with Crippen molar-refractivity contribution in [1.82, 2.24) is 9.80 Å². The van der Waals surface area contributed by atoms with Gasteiger partial charge in [-0.1, -0.05) is 57.7 Å². The van der Waals surface area contributed by atoms with E-state index in [9.17, 15) is 19.8 Å². The van der Waals surface area contributed by atoms with Gasteiger partial charge in [0.05, 0.1) is 37.1 Å². The molecule has 4 fully saturated rings. The summed E-state index contributed by atoms with van der Waals surface area (Å²) in [7, 11) is 3.82. The minimum Gasteiger partial charge on any atom is -0.459 e. The number of likely N-dealkylation sites (N-methyl/N-ethyl adjacent to an activating group) is 1. The van der Waals surface area contributed by atoms with E-state index in [2.05, 4.69) is 30.5 Å². The molecule has 0 saturated carbocycles. The molecule has 0 aromatic heterocycles. The molecule has 13 atom stereocenters. The maximum absolute atomic E-state index is 14.4. The summed E-state index contributed by atoms with van der Waals surface area (Å²) in [6.07, 6.45) is -3.59. The largest absolute Gasteiger partial charge is 0.459 e. The highest BCUT2D eigenvalue weighted by Crippen LogP contribution is 2.39. The van der Waals surface area contributed by atoms with Gasteiger partial charge in [0.25, 0.3) is 0 Å². The fourth-order valence-corrected chi connectivity index (χ4v) is 8.37. The third kappa shape index (κ3) is 9.67. The van der Waals surface area contributed by atoms with E-state index in [1.807, 2.05) is 64.9 Å². The second-order valence-corrected chi connectivity index (χ2v) is 16.1. The molecule has 11 heteroatoms. The van der Waals surface area contributed by atoms with Crippen LogP contribution < -0.4 is 0 Å². The van der Waals surface area contributed by atoms with Crippen molar-refractivity contribution >= 4 is 11.8 Å². The Bertz CT molecular complexity index is 1320. The van der Waals surface area contributed by atoms with Crippen LogP contribution in [0.2, 0.25) is 0 Å². The highest BCUT2D eigenvalue weighted by molar-refractivity contribution is 6.00. The molecule has 2 N–H and O–H groups in total. The lowest BCUT2D eigenvalue weighted by Gasteiger charge is -2.48. The highest BCUT2D eigenvalue weighted by atomic mass is 16.7. The Hall–Kier alpha value is -2.22. The standard InChI is InChI=1S/C40H64N2O9/c1-12-32-40(9,46)35-25(3)20-42(21-30-16-14-13-15-17-30)26(4)19-39(8,48-23-24(2)22-47-35)36(28(6)33(43)29(7)37(45)50-32)51-38-34(44)31(41(10)11)18-27(5)49-38/h13-17,25-29,31-32,34-36,38,44,46H,2,12,18-23H2,1,3-11H3/t25-,26+,27+,28-,29+,31-,32+,34+,35-,36+,38-,39+,40+/m0/s1. The fourth-order valence-electron chi connectivity index (χ4n) is 8.37. The van der Waals surface area contributed by atoms with Crippen LogP contribution in [0.25, 0.3) is 0 Å². The summed E-state index contributed by atoms with van der Waals surface area (Å²) in [5.74, 6) is -3.39. The van der Waals surface area contributed by atoms with Crippen LogP contribution in [-0.2, 0) is 39.8 Å². The second-order valence-electron chi connectivity index (χ2n) is 16.1. The summed E-state index contributed by atoms with van der Waals surface area (Å²) < 4.78 is 32.4. The van der Waals surface area contributed by atoms with E-state index >= 15 is 0 Å². The topological polar surface area (TPSA) is 127 Å². The average molecular weight is 717 g/mol. The van der Waals surface area contributed by atoms with Crippen molar-refractivity contribution in [3.05, 3.63) is 48.0 Å². The summed E-state index contributed by atoms with van der Waals surface area (Å²) in [5.41, 5.74) is -0.966. The lowest BCUT2D eigenvalue weighted by atomic mass is 9.79. The number of hydrogen-bond acceptors (Lipinski definition) is 11. The van der Waals surface area contributed by atoms with Gasteiger partial charge >= 0.3 is 5.97 Å². The van der Waals surface area contributed by atoms with E-state index in [4.69, 9.17) is 23.7 Å². The van der Waals surface area contributed by atoms with E-state index in [0.717, 1.165) is 5.56 Å². The minimum atomic E-state index is -1.60. The van der Waals surface area contributed by atoms with Gasteiger partial charge in [0.1, 0.15) is 23.7 Å². The molecule has 288 valence electrons. The molecule has 2 bridgehead atoms. The molecular weight excluding hydrogens is 652 g/mol. The van der Waals surface area contributed by atoms with Gasteiger partial charge in [-0.05, 0) is 85.0 Å². The number of hydrogen-bond donors (Lipinski definition) is 2. The normalized spacial score (nSPS) is 41.3. The number of ether oxygens (including phenoxy) is 5. The van der Waals surface area contributed by atoms with Crippen molar-refractivity contribution in [2.45, 2.75) is 141 Å². The number of Topliss-reactive ketones (excluding diaryl/α,β-unsaturated/α-hetero) is 1. The van der Waals surface area contributed by atoms with Crippen LogP contribution in [0, 0.1) is 17.8 Å². The molecule has 4 saturated heterocycles. The molecule has 51 heavy (non-hydrogen) atoms. The number of ketones is 1. The number of aliphatic hydroxyl groups is 2. The number of rotatable bonds is 6. The third-order valence-corrected chi connectivity index (χ3v) is 11.4. The van der Waals surface area contributed by atoms with Crippen LogP contribution in [0.5, 0.6) is 0 Å². The fraction of sp³-hybridized carbons (Fsp3) is 0.750. The smallest absolute Gasteiger partial charge is 0.316 e. The van der Waals surface area contributed by atoms with Gasteiger partial charge < -0.3 is 38.8 Å². The van der Waals surface area contributed by atoms with Gasteiger partial charge in [0, 0.05) is 31.1 Å². The van der Waals surface area contributed by atoms with Gasteiger partial charge in [-0.15, -0.1) is 0 Å². The zero-order valence-electron chi connectivity index (χ0n) is 32.5. The van der Waals surface area contributed by atoms with Gasteiger partial charge in [0.2, 0.25) is 0 Å². The Morgan fingerprint density at radius 2 is 1.73 bits per heavy atom. The number of benzene rings is 1. The van der Waals surface area contributed by atoms with Crippen LogP contribution in [0.15, 0.2) is 42.5 Å². The van der Waals surface area contributed by atoms with E-state index in [1.165, 1.54) is 6.92 Å². The maximum Gasteiger partial charge on any atom is 0.316 e. The molecule has 4 heterocycles. The molecule has 11 nitrogen and oxygen atoms in total. The minimum absolute atomic E-state index is 0.0961. The summed E-state index contributed by atoms with van der Waals surface area (Å²) in [6, 6.07) is 9.83. The first kappa shape index (κ1) is 41.5. The Balaban J connectivity index is 1.90. The molecule has 0 spiro atoms. The van der Waals surface area contributed by atoms with Crippen molar-refractivity contribution in [3.63, 3.8) is 0 Å². The van der Waals surface area contributed by atoms with Gasteiger partial charge in [-0.25, -0.2) is 0 Å². The first-order valence-corrected chi connectivity index (χ1v) is 18.7. The monoisotopic (exact) mass is 716 g/mol. The number of carbonyl (C=O) groups is 2. The summed E-state index contributed by atoms with van der Waals surface area (Å²) in [4.78, 5) is 32.5. The van der Waals surface area contributed by atoms with Crippen LogP contribution in [0.1, 0.15) is 80.2 Å². The van der Waals surface area contributed by atoms with Crippen LogP contribution >= 0.6 is 0 Å². The van der Waals surface area contributed by atoms with Crippen molar-refractivity contribution in [2.24, 2.45) is 17.8 Å². The summed E-state index contributed by atoms with van der Waals surface area (Å²) >= 11 is 0. The summed E-state index contributed by atoms with van der Waals surface area (Å²) in [6.45, 7) is 20.4. The lowest BCUT2D eigenvalue weighted by molar-refractivity contribution is -0.297. The van der Waals surface area contributed by atoms with Gasteiger partial charge in [-0.2, -0.15) is 0 Å². The zero-order valence-corrected chi connectivity index (χ0v) is 32.5. The molecule has 0 aliphatic carbocycles. The van der Waals surface area contributed by atoms with Gasteiger partial charge in [-0.3, -0.25) is 14.5 Å². The molecule has 5 rings (SSSR count). The quantitative estimate of drug-likeness (QED) is 0.248. The Kier molecular flexibility index (Phi) is 14.1. The van der Waals surface area contributed by atoms with Gasteiger partial charge in [0.15, 0.2) is 12.1 Å². The summed E-state index contributed by atoms with van der Waals surface area (Å²) in [5, 5.41) is 23.8. The van der Waals surface area contributed by atoms with Crippen molar-refractivity contribution in [2.75, 3.05) is 33.9 Å².